The minimum absolute atomic E-state index is 0.0342. The molecule has 78 valence electrons. The van der Waals surface area contributed by atoms with Gasteiger partial charge in [-0.3, -0.25) is 4.79 Å². The van der Waals surface area contributed by atoms with Crippen LogP contribution in [0.15, 0.2) is 29.4 Å². The lowest BCUT2D eigenvalue weighted by atomic mass is 10.1. The van der Waals surface area contributed by atoms with Crippen molar-refractivity contribution in [3.63, 3.8) is 0 Å². The van der Waals surface area contributed by atoms with Gasteiger partial charge in [-0.15, -0.1) is 0 Å². The third-order valence-electron chi connectivity index (χ3n) is 2.32. The average molecular weight is 203 g/mol. The topological polar surface area (TPSA) is 58.7 Å². The molecule has 1 amide bonds. The number of hydrogen-bond donors (Lipinski definition) is 1. The van der Waals surface area contributed by atoms with Crippen LogP contribution >= 0.6 is 0 Å². The van der Waals surface area contributed by atoms with Gasteiger partial charge in [0.15, 0.2) is 0 Å². The van der Waals surface area contributed by atoms with Gasteiger partial charge in [-0.25, -0.2) is 5.01 Å². The van der Waals surface area contributed by atoms with Crippen molar-refractivity contribution in [2.24, 2.45) is 10.8 Å². The first-order valence-corrected chi connectivity index (χ1v) is 4.84. The predicted octanol–water partition coefficient (Wildman–Crippen LogP) is 1.000. The maximum atomic E-state index is 11.4. The molecule has 1 aromatic carbocycles. The summed E-state index contributed by atoms with van der Waals surface area (Å²) in [4.78, 5) is 11.4. The number of hydrogen-bond acceptors (Lipinski definition) is 3. The van der Waals surface area contributed by atoms with E-state index in [-0.39, 0.29) is 12.3 Å². The fourth-order valence-corrected chi connectivity index (χ4v) is 1.48. The third kappa shape index (κ3) is 2.15. The number of nitrogens with zero attached hydrogens (tertiary/aromatic N) is 2. The maximum absolute atomic E-state index is 11.4. The smallest absolute Gasteiger partial charge is 0.250 e. The highest BCUT2D eigenvalue weighted by molar-refractivity contribution is 6.02. The van der Waals surface area contributed by atoms with Crippen molar-refractivity contribution in [1.82, 2.24) is 5.01 Å². The van der Waals surface area contributed by atoms with E-state index in [1.54, 1.807) is 0 Å². The van der Waals surface area contributed by atoms with E-state index in [1.165, 1.54) is 10.6 Å². The second-order valence-electron chi connectivity index (χ2n) is 3.71. The Bertz CT molecular complexity index is 408. The van der Waals surface area contributed by atoms with Gasteiger partial charge in [0.2, 0.25) is 0 Å². The van der Waals surface area contributed by atoms with Gasteiger partial charge in [-0.05, 0) is 12.5 Å². The summed E-state index contributed by atoms with van der Waals surface area (Å²) in [6.07, 6.45) is 0.242. The Kier molecular flexibility index (Phi) is 2.41. The molecule has 0 spiro atoms. The molecule has 1 aliphatic rings. The molecule has 0 radical (unpaired) electrons. The standard InChI is InChI=1S/C11H13N3O/c1-8-2-4-9(5-3-8)7-14-11(15)6-10(12)13-14/h2-5H,6-7H2,1H3,(H2,12,13). The van der Waals surface area contributed by atoms with Gasteiger partial charge in [0.05, 0.1) is 13.0 Å². The van der Waals surface area contributed by atoms with Crippen LogP contribution in [-0.2, 0) is 11.3 Å². The monoisotopic (exact) mass is 203 g/mol. The molecule has 0 bridgehead atoms. The Labute approximate surface area is 88.4 Å². The first-order chi connectivity index (χ1) is 7.15. The van der Waals surface area contributed by atoms with Crippen LogP contribution in [0.4, 0.5) is 0 Å². The number of aryl methyl sites for hydroxylation is 1. The van der Waals surface area contributed by atoms with Gasteiger partial charge < -0.3 is 5.73 Å². The number of hydrazone groups is 1. The zero-order valence-electron chi connectivity index (χ0n) is 8.60. The minimum Gasteiger partial charge on any atom is -0.385 e. The number of benzene rings is 1. The Balaban J connectivity index is 2.09. The lowest BCUT2D eigenvalue weighted by Gasteiger charge is -2.11. The molecule has 4 heteroatoms. The van der Waals surface area contributed by atoms with Crippen LogP contribution < -0.4 is 5.73 Å². The van der Waals surface area contributed by atoms with Crippen LogP contribution in [0.5, 0.6) is 0 Å². The largest absolute Gasteiger partial charge is 0.385 e. The van der Waals surface area contributed by atoms with Crippen LogP contribution in [0, 0.1) is 6.92 Å². The van der Waals surface area contributed by atoms with Crippen molar-refractivity contribution in [2.75, 3.05) is 0 Å². The summed E-state index contributed by atoms with van der Waals surface area (Å²) in [6, 6.07) is 8.02. The van der Waals surface area contributed by atoms with Crippen molar-refractivity contribution >= 4 is 11.7 Å². The first-order valence-electron chi connectivity index (χ1n) is 4.84. The van der Waals surface area contributed by atoms with Crippen molar-refractivity contribution < 1.29 is 4.79 Å². The summed E-state index contributed by atoms with van der Waals surface area (Å²) >= 11 is 0. The molecular formula is C11H13N3O. The molecule has 1 heterocycles. The van der Waals surface area contributed by atoms with Crippen LogP contribution in [0.25, 0.3) is 0 Å². The molecule has 0 saturated heterocycles. The van der Waals surface area contributed by atoms with Crippen LogP contribution in [0.1, 0.15) is 17.5 Å². The van der Waals surface area contributed by atoms with Crippen LogP contribution in [-0.4, -0.2) is 16.8 Å². The summed E-state index contributed by atoms with van der Waals surface area (Å²) < 4.78 is 0. The summed E-state index contributed by atoms with van der Waals surface area (Å²) in [5.41, 5.74) is 7.75. The second-order valence-corrected chi connectivity index (χ2v) is 3.71. The SMILES string of the molecule is Cc1ccc(CN2N=C(N)CC2=O)cc1. The minimum atomic E-state index is -0.0342. The van der Waals surface area contributed by atoms with Gasteiger partial charge in [-0.2, -0.15) is 5.10 Å². The molecule has 1 aromatic rings. The number of amidine groups is 1. The predicted molar refractivity (Wildman–Crippen MR) is 58.0 cm³/mol. The summed E-state index contributed by atoms with van der Waals surface area (Å²) in [5.74, 6) is 0.361. The fraction of sp³-hybridized carbons (Fsp3) is 0.273. The molecule has 0 aliphatic carbocycles. The van der Waals surface area contributed by atoms with Gasteiger partial charge in [0.25, 0.3) is 5.91 Å². The lowest BCUT2D eigenvalue weighted by molar-refractivity contribution is -0.129. The Hall–Kier alpha value is -1.84. The Morgan fingerprint density at radius 2 is 2.07 bits per heavy atom. The summed E-state index contributed by atoms with van der Waals surface area (Å²) in [7, 11) is 0. The molecular weight excluding hydrogens is 190 g/mol. The fourth-order valence-electron chi connectivity index (χ4n) is 1.48. The summed E-state index contributed by atoms with van der Waals surface area (Å²) in [6.45, 7) is 2.53. The Morgan fingerprint density at radius 1 is 1.40 bits per heavy atom. The molecule has 2 N–H and O–H groups in total. The first kappa shape index (κ1) is 9.71. The zero-order valence-corrected chi connectivity index (χ0v) is 8.60. The Morgan fingerprint density at radius 3 is 2.60 bits per heavy atom. The number of nitrogens with two attached hydrogens (primary N) is 1. The van der Waals surface area contributed by atoms with Gasteiger partial charge in [-0.1, -0.05) is 29.8 Å². The van der Waals surface area contributed by atoms with E-state index in [0.717, 1.165) is 5.56 Å². The van der Waals surface area contributed by atoms with E-state index >= 15 is 0 Å². The van der Waals surface area contributed by atoms with E-state index in [9.17, 15) is 4.79 Å². The number of rotatable bonds is 2. The van der Waals surface area contributed by atoms with Crippen molar-refractivity contribution in [3.05, 3.63) is 35.4 Å². The van der Waals surface area contributed by atoms with E-state index in [4.69, 9.17) is 5.73 Å². The summed E-state index contributed by atoms with van der Waals surface area (Å²) in [5, 5.41) is 5.38. The van der Waals surface area contributed by atoms with Gasteiger partial charge in [0.1, 0.15) is 5.84 Å². The van der Waals surface area contributed by atoms with E-state index in [1.807, 2.05) is 31.2 Å². The molecule has 0 aromatic heterocycles. The number of carbonyl (C=O) groups is 1. The highest BCUT2D eigenvalue weighted by Crippen LogP contribution is 2.12. The van der Waals surface area contributed by atoms with E-state index in [2.05, 4.69) is 5.10 Å². The molecule has 4 nitrogen and oxygen atoms in total. The molecule has 0 atom stereocenters. The molecule has 0 saturated carbocycles. The molecule has 15 heavy (non-hydrogen) atoms. The van der Waals surface area contributed by atoms with Crippen molar-refractivity contribution in [1.29, 1.82) is 0 Å². The normalized spacial score (nSPS) is 15.7. The second kappa shape index (κ2) is 3.73. The zero-order chi connectivity index (χ0) is 10.8. The average Bonchev–Trinajstić information content (AvgIpc) is 2.49. The van der Waals surface area contributed by atoms with Gasteiger partial charge >= 0.3 is 0 Å². The number of amides is 1. The highest BCUT2D eigenvalue weighted by atomic mass is 16.2. The lowest BCUT2D eigenvalue weighted by Crippen LogP contribution is -2.20. The van der Waals surface area contributed by atoms with Crippen molar-refractivity contribution in [3.8, 4) is 0 Å². The molecule has 0 unspecified atom stereocenters. The molecule has 2 rings (SSSR count). The molecule has 0 fully saturated rings. The maximum Gasteiger partial charge on any atom is 0.250 e. The molecule has 1 aliphatic heterocycles. The highest BCUT2D eigenvalue weighted by Gasteiger charge is 2.21. The van der Waals surface area contributed by atoms with Crippen LogP contribution in [0.3, 0.4) is 0 Å². The van der Waals surface area contributed by atoms with Crippen LogP contribution in [0.2, 0.25) is 0 Å². The number of carbonyl (C=O) groups excluding carboxylic acids is 1. The van der Waals surface area contributed by atoms with E-state index < -0.39 is 0 Å². The third-order valence-corrected chi connectivity index (χ3v) is 2.32. The van der Waals surface area contributed by atoms with E-state index in [0.29, 0.717) is 12.4 Å². The van der Waals surface area contributed by atoms with Gasteiger partial charge in [0, 0.05) is 0 Å². The quantitative estimate of drug-likeness (QED) is 0.779. The van der Waals surface area contributed by atoms with Crippen molar-refractivity contribution in [2.45, 2.75) is 19.9 Å².